The molecule has 0 spiro atoms. The molecule has 102 valence electrons. The summed E-state index contributed by atoms with van der Waals surface area (Å²) in [6.07, 6.45) is 1.95. The number of methoxy groups -OCH3 is 1. The topological polar surface area (TPSA) is 46.6 Å². The summed E-state index contributed by atoms with van der Waals surface area (Å²) in [5.41, 5.74) is 1.16. The predicted molar refractivity (Wildman–Crippen MR) is 73.7 cm³/mol. The van der Waals surface area contributed by atoms with E-state index in [-0.39, 0.29) is 0 Å². The van der Waals surface area contributed by atoms with E-state index in [1.54, 1.807) is 30.2 Å². The maximum Gasteiger partial charge on any atom is 0.299 e. The first kappa shape index (κ1) is 13.6. The fraction of sp³-hybridized carbons (Fsp3) is 0.467. The molecule has 1 aromatic rings. The quantitative estimate of drug-likeness (QED) is 0.765. The number of ether oxygens (including phenoxy) is 1. The number of carbonyl (C=O) groups is 2. The van der Waals surface area contributed by atoms with Gasteiger partial charge in [-0.3, -0.25) is 9.59 Å². The van der Waals surface area contributed by atoms with Gasteiger partial charge in [-0.05, 0) is 37.0 Å². The second-order valence-corrected chi connectivity index (χ2v) is 5.21. The lowest BCUT2D eigenvalue weighted by molar-refractivity contribution is -0.114. The third-order valence-electron chi connectivity index (χ3n) is 3.34. The van der Waals surface area contributed by atoms with E-state index in [1.807, 2.05) is 0 Å². The van der Waals surface area contributed by atoms with Crippen molar-refractivity contribution in [3.05, 3.63) is 23.8 Å². The van der Waals surface area contributed by atoms with Gasteiger partial charge >= 0.3 is 0 Å². The van der Waals surface area contributed by atoms with Crippen molar-refractivity contribution >= 4 is 17.4 Å². The molecular weight excluding hydrogens is 242 g/mol. The SMILES string of the molecule is COc1ccc2c(c1)C(=O)C(=O)N2CCCC(C)C. The summed E-state index contributed by atoms with van der Waals surface area (Å²) in [6.45, 7) is 4.90. The molecule has 4 nitrogen and oxygen atoms in total. The molecule has 19 heavy (non-hydrogen) atoms. The van der Waals surface area contributed by atoms with Crippen molar-refractivity contribution in [2.75, 3.05) is 18.6 Å². The molecule has 1 aromatic carbocycles. The van der Waals surface area contributed by atoms with Crippen LogP contribution in [0.3, 0.4) is 0 Å². The molecule has 4 heteroatoms. The minimum absolute atomic E-state index is 0.424. The molecule has 1 amide bonds. The fourth-order valence-electron chi connectivity index (χ4n) is 2.29. The van der Waals surface area contributed by atoms with Crippen molar-refractivity contribution in [2.45, 2.75) is 26.7 Å². The number of amides is 1. The van der Waals surface area contributed by atoms with Gasteiger partial charge in [-0.1, -0.05) is 13.8 Å². The van der Waals surface area contributed by atoms with Crippen molar-refractivity contribution in [1.82, 2.24) is 0 Å². The van der Waals surface area contributed by atoms with Crippen LogP contribution >= 0.6 is 0 Å². The van der Waals surface area contributed by atoms with E-state index >= 15 is 0 Å². The van der Waals surface area contributed by atoms with Crippen LogP contribution in [-0.2, 0) is 4.79 Å². The van der Waals surface area contributed by atoms with E-state index in [9.17, 15) is 9.59 Å². The van der Waals surface area contributed by atoms with Gasteiger partial charge in [0.25, 0.3) is 11.7 Å². The Hall–Kier alpha value is -1.84. The smallest absolute Gasteiger partial charge is 0.299 e. The van der Waals surface area contributed by atoms with E-state index in [0.717, 1.165) is 12.8 Å². The van der Waals surface area contributed by atoms with Gasteiger partial charge in [-0.2, -0.15) is 0 Å². The first-order valence-electron chi connectivity index (χ1n) is 6.59. The van der Waals surface area contributed by atoms with Crippen molar-refractivity contribution in [3.63, 3.8) is 0 Å². The molecule has 1 aliphatic heterocycles. The van der Waals surface area contributed by atoms with Gasteiger partial charge in [0.15, 0.2) is 0 Å². The van der Waals surface area contributed by atoms with Gasteiger partial charge in [0.1, 0.15) is 5.75 Å². The van der Waals surface area contributed by atoms with Gasteiger partial charge in [0.2, 0.25) is 0 Å². The number of nitrogens with zero attached hydrogens (tertiary/aromatic N) is 1. The minimum atomic E-state index is -0.432. The van der Waals surface area contributed by atoms with E-state index in [2.05, 4.69) is 13.8 Å². The fourth-order valence-corrected chi connectivity index (χ4v) is 2.29. The average molecular weight is 261 g/mol. The Balaban J connectivity index is 2.19. The van der Waals surface area contributed by atoms with Crippen LogP contribution in [0.2, 0.25) is 0 Å². The first-order valence-corrected chi connectivity index (χ1v) is 6.59. The molecule has 0 aromatic heterocycles. The molecule has 0 N–H and O–H groups in total. The van der Waals surface area contributed by atoms with E-state index < -0.39 is 11.7 Å². The summed E-state index contributed by atoms with van der Waals surface area (Å²) in [7, 11) is 1.55. The summed E-state index contributed by atoms with van der Waals surface area (Å²) in [6, 6.07) is 5.20. The number of fused-ring (bicyclic) bond motifs is 1. The maximum atomic E-state index is 12.0. The molecule has 1 aliphatic rings. The average Bonchev–Trinajstić information content (AvgIpc) is 2.63. The molecule has 0 bridgehead atoms. The molecule has 0 aliphatic carbocycles. The highest BCUT2D eigenvalue weighted by Crippen LogP contribution is 2.32. The number of Topliss-reactive ketones (excluding diaryl/α,β-unsaturated/α-hetero) is 1. The molecule has 0 unspecified atom stereocenters. The summed E-state index contributed by atoms with van der Waals surface area (Å²) in [4.78, 5) is 25.5. The lowest BCUT2D eigenvalue weighted by Crippen LogP contribution is -2.30. The Labute approximate surface area is 113 Å². The summed E-state index contributed by atoms with van der Waals surface area (Å²) < 4.78 is 5.09. The first-order chi connectivity index (χ1) is 9.04. The number of benzene rings is 1. The zero-order valence-electron chi connectivity index (χ0n) is 11.6. The summed E-state index contributed by atoms with van der Waals surface area (Å²) in [5, 5.41) is 0. The Morgan fingerprint density at radius 3 is 2.63 bits per heavy atom. The lowest BCUT2D eigenvalue weighted by Gasteiger charge is -2.17. The molecule has 0 radical (unpaired) electrons. The number of rotatable bonds is 5. The van der Waals surface area contributed by atoms with Crippen LogP contribution in [0.5, 0.6) is 5.75 Å². The van der Waals surface area contributed by atoms with Gasteiger partial charge in [0.05, 0.1) is 18.4 Å². The number of anilines is 1. The van der Waals surface area contributed by atoms with Gasteiger partial charge in [0, 0.05) is 6.54 Å². The largest absolute Gasteiger partial charge is 0.497 e. The normalized spacial score (nSPS) is 14.2. The monoisotopic (exact) mass is 261 g/mol. The van der Waals surface area contributed by atoms with E-state index in [0.29, 0.717) is 29.5 Å². The van der Waals surface area contributed by atoms with Gasteiger partial charge < -0.3 is 9.64 Å². The summed E-state index contributed by atoms with van der Waals surface area (Å²) in [5.74, 6) is 0.345. The number of hydrogen-bond donors (Lipinski definition) is 0. The highest BCUT2D eigenvalue weighted by molar-refractivity contribution is 6.52. The lowest BCUT2D eigenvalue weighted by atomic mass is 10.1. The second kappa shape index (κ2) is 5.43. The van der Waals surface area contributed by atoms with Gasteiger partial charge in [-0.15, -0.1) is 0 Å². The Morgan fingerprint density at radius 1 is 1.26 bits per heavy atom. The maximum absolute atomic E-state index is 12.0. The van der Waals surface area contributed by atoms with Crippen LogP contribution in [0.15, 0.2) is 18.2 Å². The van der Waals surface area contributed by atoms with Crippen molar-refractivity contribution in [1.29, 1.82) is 0 Å². The van der Waals surface area contributed by atoms with Crippen LogP contribution in [-0.4, -0.2) is 25.3 Å². The van der Waals surface area contributed by atoms with Crippen LogP contribution in [0.4, 0.5) is 5.69 Å². The third kappa shape index (κ3) is 2.62. The molecule has 0 fully saturated rings. The van der Waals surface area contributed by atoms with Gasteiger partial charge in [-0.25, -0.2) is 0 Å². The molecule has 0 saturated carbocycles. The molecule has 0 saturated heterocycles. The van der Waals surface area contributed by atoms with Crippen molar-refractivity contribution in [2.24, 2.45) is 5.92 Å². The van der Waals surface area contributed by atoms with Crippen LogP contribution < -0.4 is 9.64 Å². The molecular formula is C15H19NO3. The highest BCUT2D eigenvalue weighted by atomic mass is 16.5. The van der Waals surface area contributed by atoms with Crippen molar-refractivity contribution < 1.29 is 14.3 Å². The zero-order chi connectivity index (χ0) is 14.0. The minimum Gasteiger partial charge on any atom is -0.497 e. The second-order valence-electron chi connectivity index (χ2n) is 5.21. The summed E-state index contributed by atoms with van der Waals surface area (Å²) >= 11 is 0. The van der Waals surface area contributed by atoms with E-state index in [4.69, 9.17) is 4.74 Å². The molecule has 0 atom stereocenters. The molecule has 1 heterocycles. The predicted octanol–water partition coefficient (Wildman–Crippen LogP) is 2.66. The standard InChI is InChI=1S/C15H19NO3/c1-10(2)5-4-8-16-13-7-6-11(19-3)9-12(13)14(17)15(16)18/h6-7,9-10H,4-5,8H2,1-3H3. The van der Waals surface area contributed by atoms with Crippen LogP contribution in [0, 0.1) is 5.92 Å². The van der Waals surface area contributed by atoms with Crippen LogP contribution in [0.1, 0.15) is 37.0 Å². The number of ketones is 1. The zero-order valence-corrected chi connectivity index (χ0v) is 11.6. The number of carbonyl (C=O) groups excluding carboxylic acids is 2. The Kier molecular flexibility index (Phi) is 3.88. The number of hydrogen-bond acceptors (Lipinski definition) is 3. The third-order valence-corrected chi connectivity index (χ3v) is 3.34. The highest BCUT2D eigenvalue weighted by Gasteiger charge is 2.35. The molecule has 2 rings (SSSR count). The van der Waals surface area contributed by atoms with E-state index in [1.165, 1.54) is 0 Å². The Bertz CT molecular complexity index is 508. The Morgan fingerprint density at radius 2 is 2.00 bits per heavy atom. The van der Waals surface area contributed by atoms with Crippen molar-refractivity contribution in [3.8, 4) is 5.75 Å². The van der Waals surface area contributed by atoms with Crippen LogP contribution in [0.25, 0.3) is 0 Å².